The number of amides is 2. The van der Waals surface area contributed by atoms with Crippen molar-refractivity contribution in [3.8, 4) is 11.5 Å². The van der Waals surface area contributed by atoms with E-state index in [0.29, 0.717) is 32.8 Å². The van der Waals surface area contributed by atoms with Gasteiger partial charge in [-0.15, -0.1) is 0 Å². The molecule has 39 heavy (non-hydrogen) atoms. The molecule has 5 rings (SSSR count). The molecule has 2 aromatic carbocycles. The van der Waals surface area contributed by atoms with Crippen LogP contribution in [0.5, 0.6) is 11.5 Å². The average Bonchev–Trinajstić information content (AvgIpc) is 2.96. The van der Waals surface area contributed by atoms with Crippen molar-refractivity contribution < 1.29 is 14.3 Å². The van der Waals surface area contributed by atoms with E-state index in [9.17, 15) is 4.79 Å². The molecule has 208 valence electrons. The fourth-order valence-corrected chi connectivity index (χ4v) is 5.24. The van der Waals surface area contributed by atoms with Crippen LogP contribution < -0.4 is 19.7 Å². The third-order valence-corrected chi connectivity index (χ3v) is 7.27. The van der Waals surface area contributed by atoms with Crippen molar-refractivity contribution in [3.63, 3.8) is 0 Å². The van der Waals surface area contributed by atoms with Crippen molar-refractivity contribution in [2.24, 2.45) is 0 Å². The Balaban J connectivity index is 1.12. The van der Waals surface area contributed by atoms with Crippen molar-refractivity contribution in [3.05, 3.63) is 48.8 Å². The largest absolute Gasteiger partial charge is 0.493 e. The van der Waals surface area contributed by atoms with Gasteiger partial charge < -0.3 is 29.5 Å². The number of carbonyl (C=O) groups is 1. The Bertz CT molecular complexity index is 1220. The predicted octanol–water partition coefficient (Wildman–Crippen LogP) is 5.03. The van der Waals surface area contributed by atoms with Gasteiger partial charge >= 0.3 is 6.03 Å². The number of hydrogen-bond acceptors (Lipinski definition) is 7. The number of rotatable bonds is 9. The van der Waals surface area contributed by atoms with Crippen LogP contribution in [-0.4, -0.2) is 84.3 Å². The van der Waals surface area contributed by atoms with Crippen LogP contribution in [0.2, 0.25) is 0 Å². The topological polar surface area (TPSA) is 83.1 Å². The lowest BCUT2D eigenvalue weighted by Gasteiger charge is -2.35. The number of aromatic nitrogens is 2. The summed E-state index contributed by atoms with van der Waals surface area (Å²) in [6.45, 7) is 10.9. The smallest absolute Gasteiger partial charge is 0.321 e. The van der Waals surface area contributed by atoms with Crippen LogP contribution >= 0.6 is 0 Å². The van der Waals surface area contributed by atoms with Crippen LogP contribution in [0.4, 0.5) is 16.3 Å². The summed E-state index contributed by atoms with van der Waals surface area (Å²) in [5.74, 6) is 2.54. The molecule has 0 spiro atoms. The second kappa shape index (κ2) is 13.0. The summed E-state index contributed by atoms with van der Waals surface area (Å²) < 4.78 is 11.7. The van der Waals surface area contributed by atoms with Gasteiger partial charge in [-0.2, -0.15) is 0 Å². The number of likely N-dealkylation sites (tertiary alicyclic amines) is 1. The number of nitrogens with one attached hydrogen (secondary N) is 1. The summed E-state index contributed by atoms with van der Waals surface area (Å²) in [4.78, 5) is 28.5. The van der Waals surface area contributed by atoms with E-state index in [1.165, 1.54) is 32.4 Å². The van der Waals surface area contributed by atoms with Gasteiger partial charge in [0.2, 0.25) is 0 Å². The number of carbonyl (C=O) groups excluding carboxylic acids is 1. The van der Waals surface area contributed by atoms with Crippen LogP contribution in [0.1, 0.15) is 39.5 Å². The van der Waals surface area contributed by atoms with Crippen molar-refractivity contribution in [2.45, 2.75) is 45.6 Å². The van der Waals surface area contributed by atoms with Gasteiger partial charge in [-0.1, -0.05) is 6.42 Å². The number of ether oxygens (including phenoxy) is 2. The zero-order valence-corrected chi connectivity index (χ0v) is 23.1. The Morgan fingerprint density at radius 2 is 1.67 bits per heavy atom. The van der Waals surface area contributed by atoms with Gasteiger partial charge in [-0.25, -0.2) is 14.8 Å². The lowest BCUT2D eigenvalue weighted by molar-refractivity contribution is 0.205. The first-order valence-corrected chi connectivity index (χ1v) is 14.2. The summed E-state index contributed by atoms with van der Waals surface area (Å²) in [5, 5.41) is 3.99. The third-order valence-electron chi connectivity index (χ3n) is 7.27. The Morgan fingerprint density at radius 1 is 0.923 bits per heavy atom. The Kier molecular flexibility index (Phi) is 8.98. The number of hydrogen-bond donors (Lipinski definition) is 1. The third kappa shape index (κ3) is 7.29. The van der Waals surface area contributed by atoms with Crippen molar-refractivity contribution >= 4 is 28.4 Å². The normalized spacial score (nSPS) is 16.5. The lowest BCUT2D eigenvalue weighted by Crippen LogP contribution is -2.50. The van der Waals surface area contributed by atoms with Crippen LogP contribution in [0.3, 0.4) is 0 Å². The number of fused-ring (bicyclic) bond motifs is 1. The quantitative estimate of drug-likeness (QED) is 0.387. The first-order valence-electron chi connectivity index (χ1n) is 14.2. The Hall–Kier alpha value is -3.59. The van der Waals surface area contributed by atoms with E-state index in [4.69, 9.17) is 9.47 Å². The molecule has 3 aromatic rings. The number of urea groups is 1. The van der Waals surface area contributed by atoms with E-state index in [1.54, 1.807) is 6.33 Å². The number of nitrogens with zero attached hydrogens (tertiary/aromatic N) is 5. The minimum atomic E-state index is -0.0956. The van der Waals surface area contributed by atoms with Gasteiger partial charge in [0, 0.05) is 49.9 Å². The highest BCUT2D eigenvalue weighted by atomic mass is 16.5. The fourth-order valence-electron chi connectivity index (χ4n) is 5.24. The second-order valence-electron chi connectivity index (χ2n) is 10.6. The van der Waals surface area contributed by atoms with Gasteiger partial charge in [-0.3, -0.25) is 0 Å². The van der Waals surface area contributed by atoms with Crippen LogP contribution in [0.25, 0.3) is 10.9 Å². The molecular formula is C30H40N6O3. The van der Waals surface area contributed by atoms with E-state index in [1.807, 2.05) is 55.1 Å². The standard InChI is InChI=1S/C30H40N6O3/c1-23(2)39-25-9-7-24(8-10-25)33-30(37)36-18-16-35(17-19-36)29-27-12-11-26(21-28(27)31-22-32-29)38-20-6-15-34-13-4-3-5-14-34/h7-12,21-23H,3-6,13-20H2,1-2H3,(H,33,37). The minimum Gasteiger partial charge on any atom is -0.493 e. The van der Waals surface area contributed by atoms with E-state index < -0.39 is 0 Å². The number of benzene rings is 2. The maximum atomic E-state index is 12.8. The van der Waals surface area contributed by atoms with Gasteiger partial charge in [0.05, 0.1) is 18.2 Å². The molecule has 0 atom stereocenters. The molecule has 2 aliphatic heterocycles. The van der Waals surface area contributed by atoms with Gasteiger partial charge in [0.25, 0.3) is 0 Å². The zero-order chi connectivity index (χ0) is 27.0. The van der Waals surface area contributed by atoms with Crippen LogP contribution in [0.15, 0.2) is 48.8 Å². The molecule has 0 radical (unpaired) electrons. The van der Waals surface area contributed by atoms with Crippen molar-refractivity contribution in [1.29, 1.82) is 0 Å². The monoisotopic (exact) mass is 532 g/mol. The molecule has 1 N–H and O–H groups in total. The molecule has 2 aliphatic rings. The highest BCUT2D eigenvalue weighted by Crippen LogP contribution is 2.27. The highest BCUT2D eigenvalue weighted by Gasteiger charge is 2.23. The maximum Gasteiger partial charge on any atom is 0.321 e. The van der Waals surface area contributed by atoms with Gasteiger partial charge in [0.15, 0.2) is 0 Å². The highest BCUT2D eigenvalue weighted by molar-refractivity contribution is 5.91. The molecule has 0 aliphatic carbocycles. The van der Waals surface area contributed by atoms with Crippen molar-refractivity contribution in [1.82, 2.24) is 19.8 Å². The molecular weight excluding hydrogens is 492 g/mol. The molecule has 0 bridgehead atoms. The van der Waals surface area contributed by atoms with E-state index in [-0.39, 0.29) is 12.1 Å². The second-order valence-corrected chi connectivity index (χ2v) is 10.6. The molecule has 9 heteroatoms. The Morgan fingerprint density at radius 3 is 2.41 bits per heavy atom. The maximum absolute atomic E-state index is 12.8. The van der Waals surface area contributed by atoms with Gasteiger partial charge in [0.1, 0.15) is 23.6 Å². The number of anilines is 2. The molecule has 2 amide bonds. The van der Waals surface area contributed by atoms with E-state index in [2.05, 4.69) is 31.2 Å². The molecule has 0 unspecified atom stereocenters. The first kappa shape index (κ1) is 27.0. The predicted molar refractivity (Wildman–Crippen MR) is 155 cm³/mol. The summed E-state index contributed by atoms with van der Waals surface area (Å²) in [6.07, 6.45) is 6.76. The molecule has 0 saturated carbocycles. The van der Waals surface area contributed by atoms with Crippen molar-refractivity contribution in [2.75, 3.05) is 62.6 Å². The lowest BCUT2D eigenvalue weighted by atomic mass is 10.1. The number of piperazine rings is 1. The molecule has 2 fully saturated rings. The molecule has 2 saturated heterocycles. The zero-order valence-electron chi connectivity index (χ0n) is 23.1. The van der Waals surface area contributed by atoms with Gasteiger partial charge in [-0.05, 0) is 82.6 Å². The molecule has 1 aromatic heterocycles. The first-order chi connectivity index (χ1) is 19.0. The molecule has 9 nitrogen and oxygen atoms in total. The Labute approximate surface area is 231 Å². The van der Waals surface area contributed by atoms with E-state index in [0.717, 1.165) is 46.9 Å². The van der Waals surface area contributed by atoms with E-state index >= 15 is 0 Å². The van der Waals surface area contributed by atoms with Crippen LogP contribution in [-0.2, 0) is 0 Å². The minimum absolute atomic E-state index is 0.0956. The summed E-state index contributed by atoms with van der Waals surface area (Å²) in [5.41, 5.74) is 1.63. The fraction of sp³-hybridized carbons (Fsp3) is 0.500. The SMILES string of the molecule is CC(C)Oc1ccc(NC(=O)N2CCN(c3ncnc4cc(OCCCN5CCCCC5)ccc34)CC2)cc1. The number of piperidine rings is 1. The molecule has 3 heterocycles. The van der Waals surface area contributed by atoms with Crippen LogP contribution in [0, 0.1) is 0 Å². The summed E-state index contributed by atoms with van der Waals surface area (Å²) in [6, 6.07) is 13.5. The average molecular weight is 533 g/mol. The summed E-state index contributed by atoms with van der Waals surface area (Å²) in [7, 11) is 0. The summed E-state index contributed by atoms with van der Waals surface area (Å²) >= 11 is 0.